The van der Waals surface area contributed by atoms with Gasteiger partial charge in [0.2, 0.25) is 5.54 Å². The fraction of sp³-hybridized carbons (Fsp3) is 0.444. The van der Waals surface area contributed by atoms with Crippen LogP contribution in [-0.4, -0.2) is 47.0 Å². The monoisotopic (exact) mass is 464 g/mol. The fourth-order valence-corrected chi connectivity index (χ4v) is 4.77. The lowest BCUT2D eigenvalue weighted by Crippen LogP contribution is -2.62. The van der Waals surface area contributed by atoms with Gasteiger partial charge in [-0.25, -0.2) is 9.59 Å². The minimum atomic E-state index is -1.75. The minimum Gasteiger partial charge on any atom is -0.459 e. The fourth-order valence-electron chi connectivity index (χ4n) is 4.77. The van der Waals surface area contributed by atoms with Crippen molar-refractivity contribution in [2.24, 2.45) is 0 Å². The van der Waals surface area contributed by atoms with Gasteiger partial charge in [-0.3, -0.25) is 9.69 Å². The molecule has 2 aliphatic heterocycles. The second kappa shape index (κ2) is 9.58. The molecule has 0 radical (unpaired) electrons. The highest BCUT2D eigenvalue weighted by molar-refractivity contribution is 6.13. The number of amides is 1. The van der Waals surface area contributed by atoms with Crippen LogP contribution >= 0.6 is 0 Å². The molecule has 0 bridgehead atoms. The first-order chi connectivity index (χ1) is 16.2. The molecule has 1 saturated heterocycles. The van der Waals surface area contributed by atoms with Gasteiger partial charge in [-0.15, -0.1) is 0 Å². The van der Waals surface area contributed by atoms with Crippen molar-refractivity contribution in [1.29, 1.82) is 0 Å². The van der Waals surface area contributed by atoms with E-state index in [0.717, 1.165) is 23.1 Å². The van der Waals surface area contributed by atoms with E-state index in [1.54, 1.807) is 20.8 Å². The second-order valence-electron chi connectivity index (χ2n) is 9.86. The Balaban J connectivity index is 1.70. The SMILES string of the molecule is CC(C)(C)OC(=O)N1CCC[C@]1(C(=O)OCc1ccccc1)C(=O)C1NCCc2ccccc21. The van der Waals surface area contributed by atoms with Crippen molar-refractivity contribution < 1.29 is 23.9 Å². The van der Waals surface area contributed by atoms with Gasteiger partial charge in [0.05, 0.1) is 6.04 Å². The zero-order chi connectivity index (χ0) is 24.3. The molecule has 7 nitrogen and oxygen atoms in total. The number of benzene rings is 2. The molecule has 1 amide bonds. The van der Waals surface area contributed by atoms with E-state index in [4.69, 9.17) is 9.47 Å². The average Bonchev–Trinajstić information content (AvgIpc) is 3.28. The Kier molecular flexibility index (Phi) is 6.75. The molecule has 7 heteroatoms. The maximum atomic E-state index is 14.2. The lowest BCUT2D eigenvalue weighted by Gasteiger charge is -2.39. The summed E-state index contributed by atoms with van der Waals surface area (Å²) in [6.07, 6.45) is 0.805. The summed E-state index contributed by atoms with van der Waals surface area (Å²) in [5, 5.41) is 3.28. The molecule has 34 heavy (non-hydrogen) atoms. The number of likely N-dealkylation sites (tertiary alicyclic amines) is 1. The van der Waals surface area contributed by atoms with E-state index in [9.17, 15) is 14.4 Å². The Hall–Kier alpha value is -3.19. The van der Waals surface area contributed by atoms with Crippen LogP contribution in [0.4, 0.5) is 4.79 Å². The Morgan fingerprint density at radius 3 is 2.50 bits per heavy atom. The summed E-state index contributed by atoms with van der Waals surface area (Å²) in [7, 11) is 0. The first kappa shape index (κ1) is 24.0. The standard InChI is InChI=1S/C27H32N2O5/c1-26(2,3)34-25(32)29-17-9-15-27(29,24(31)33-18-19-10-5-4-6-11-19)23(30)22-21-13-8-7-12-20(21)14-16-28-22/h4-8,10-13,22,28H,9,14-18H2,1-3H3/t22?,27-/m1/s1. The summed E-state index contributed by atoms with van der Waals surface area (Å²) in [6.45, 7) is 6.15. The highest BCUT2D eigenvalue weighted by atomic mass is 16.6. The summed E-state index contributed by atoms with van der Waals surface area (Å²) >= 11 is 0. The summed E-state index contributed by atoms with van der Waals surface area (Å²) in [5.74, 6) is -1.09. The van der Waals surface area contributed by atoms with Gasteiger partial charge in [-0.2, -0.15) is 0 Å². The Labute approximate surface area is 200 Å². The minimum absolute atomic E-state index is 0.0194. The highest BCUT2D eigenvalue weighted by Crippen LogP contribution is 2.38. The van der Waals surface area contributed by atoms with E-state index < -0.39 is 29.2 Å². The van der Waals surface area contributed by atoms with Gasteiger partial charge in [0.25, 0.3) is 0 Å². The predicted molar refractivity (Wildman–Crippen MR) is 127 cm³/mol. The molecule has 0 aromatic heterocycles. The molecule has 2 aliphatic rings. The third kappa shape index (κ3) is 4.71. The van der Waals surface area contributed by atoms with Crippen LogP contribution < -0.4 is 5.32 Å². The number of nitrogens with zero attached hydrogens (tertiary/aromatic N) is 1. The molecule has 2 aromatic carbocycles. The van der Waals surface area contributed by atoms with Crippen molar-refractivity contribution in [3.05, 3.63) is 71.3 Å². The van der Waals surface area contributed by atoms with Gasteiger partial charge < -0.3 is 14.8 Å². The zero-order valence-electron chi connectivity index (χ0n) is 20.0. The third-order valence-corrected chi connectivity index (χ3v) is 6.32. The number of fused-ring (bicyclic) bond motifs is 1. The van der Waals surface area contributed by atoms with Crippen LogP contribution in [0, 0.1) is 0 Å². The van der Waals surface area contributed by atoms with Crippen molar-refractivity contribution in [3.8, 4) is 0 Å². The molecule has 1 fully saturated rings. The van der Waals surface area contributed by atoms with Crippen LogP contribution in [0.3, 0.4) is 0 Å². The lowest BCUT2D eigenvalue weighted by molar-refractivity contribution is -0.163. The first-order valence-corrected chi connectivity index (χ1v) is 11.8. The number of esters is 1. The van der Waals surface area contributed by atoms with Crippen molar-refractivity contribution >= 4 is 17.8 Å². The predicted octanol–water partition coefficient (Wildman–Crippen LogP) is 3.96. The summed E-state index contributed by atoms with van der Waals surface area (Å²) in [5.41, 5.74) is 0.192. The van der Waals surface area contributed by atoms with E-state index in [1.165, 1.54) is 4.90 Å². The molecule has 2 heterocycles. The van der Waals surface area contributed by atoms with Crippen LogP contribution in [0.1, 0.15) is 56.3 Å². The lowest BCUT2D eigenvalue weighted by atomic mass is 9.81. The average molecular weight is 465 g/mol. The van der Waals surface area contributed by atoms with Gasteiger partial charge in [0.1, 0.15) is 12.2 Å². The molecule has 1 unspecified atom stereocenters. The third-order valence-electron chi connectivity index (χ3n) is 6.32. The van der Waals surface area contributed by atoms with Crippen molar-refractivity contribution in [1.82, 2.24) is 10.2 Å². The van der Waals surface area contributed by atoms with Crippen LogP contribution in [0.5, 0.6) is 0 Å². The van der Waals surface area contributed by atoms with Gasteiger partial charge >= 0.3 is 12.1 Å². The molecule has 180 valence electrons. The number of nitrogens with one attached hydrogen (secondary N) is 1. The Bertz CT molecular complexity index is 1060. The number of carbonyl (C=O) groups is 3. The normalized spacial score (nSPS) is 22.1. The van der Waals surface area contributed by atoms with Crippen LogP contribution in [0.2, 0.25) is 0 Å². The number of carbonyl (C=O) groups excluding carboxylic acids is 3. The van der Waals surface area contributed by atoms with E-state index in [1.807, 2.05) is 54.6 Å². The van der Waals surface area contributed by atoms with Gasteiger partial charge in [0, 0.05) is 13.1 Å². The zero-order valence-corrected chi connectivity index (χ0v) is 20.0. The van der Waals surface area contributed by atoms with E-state index in [2.05, 4.69) is 5.32 Å². The molecule has 1 N–H and O–H groups in total. The Morgan fingerprint density at radius 1 is 1.06 bits per heavy atom. The van der Waals surface area contributed by atoms with E-state index in [-0.39, 0.29) is 25.4 Å². The van der Waals surface area contributed by atoms with Crippen molar-refractivity contribution in [3.63, 3.8) is 0 Å². The van der Waals surface area contributed by atoms with Gasteiger partial charge in [-0.05, 0) is 56.7 Å². The maximum absolute atomic E-state index is 14.2. The van der Waals surface area contributed by atoms with E-state index in [0.29, 0.717) is 13.0 Å². The molecule has 4 rings (SSSR count). The smallest absolute Gasteiger partial charge is 0.411 e. The largest absolute Gasteiger partial charge is 0.459 e. The number of rotatable bonds is 5. The number of ether oxygens (including phenoxy) is 2. The number of hydrogen-bond acceptors (Lipinski definition) is 6. The van der Waals surface area contributed by atoms with Crippen LogP contribution in [0.25, 0.3) is 0 Å². The number of ketones is 1. The highest BCUT2D eigenvalue weighted by Gasteiger charge is 2.59. The van der Waals surface area contributed by atoms with Crippen LogP contribution in [0.15, 0.2) is 54.6 Å². The quantitative estimate of drug-likeness (QED) is 0.533. The summed E-state index contributed by atoms with van der Waals surface area (Å²) in [6, 6.07) is 16.3. The van der Waals surface area contributed by atoms with Crippen LogP contribution in [-0.2, 0) is 32.1 Å². The molecule has 0 aliphatic carbocycles. The molecule has 2 aromatic rings. The summed E-state index contributed by atoms with van der Waals surface area (Å²) < 4.78 is 11.3. The Morgan fingerprint density at radius 2 is 1.76 bits per heavy atom. The molecule has 0 spiro atoms. The van der Waals surface area contributed by atoms with Gasteiger partial charge in [0.15, 0.2) is 5.78 Å². The number of hydrogen-bond donors (Lipinski definition) is 1. The second-order valence-corrected chi connectivity index (χ2v) is 9.86. The molecule has 0 saturated carbocycles. The molecule has 2 atom stereocenters. The van der Waals surface area contributed by atoms with Crippen molar-refractivity contribution in [2.75, 3.05) is 13.1 Å². The molecular formula is C27H32N2O5. The number of Topliss-reactive ketones (excluding diaryl/α,β-unsaturated/α-hetero) is 1. The first-order valence-electron chi connectivity index (χ1n) is 11.8. The molecular weight excluding hydrogens is 432 g/mol. The maximum Gasteiger partial charge on any atom is 0.411 e. The van der Waals surface area contributed by atoms with Gasteiger partial charge in [-0.1, -0.05) is 54.6 Å². The topological polar surface area (TPSA) is 84.9 Å². The van der Waals surface area contributed by atoms with E-state index >= 15 is 0 Å². The summed E-state index contributed by atoms with van der Waals surface area (Å²) in [4.78, 5) is 42.4. The van der Waals surface area contributed by atoms with Crippen molar-refractivity contribution in [2.45, 2.75) is 63.8 Å².